The third-order valence-corrected chi connectivity index (χ3v) is 4.90. The van der Waals surface area contributed by atoms with E-state index >= 15 is 0 Å². The molecular formula is C21H30ClNO. The van der Waals surface area contributed by atoms with Crippen LogP contribution in [0.25, 0.3) is 10.9 Å². The molecule has 0 aliphatic carbocycles. The van der Waals surface area contributed by atoms with Gasteiger partial charge in [0.05, 0.1) is 5.02 Å². The van der Waals surface area contributed by atoms with Gasteiger partial charge in [-0.15, -0.1) is 0 Å². The van der Waals surface area contributed by atoms with Gasteiger partial charge in [0.2, 0.25) is 0 Å². The quantitative estimate of drug-likeness (QED) is 0.635. The minimum absolute atomic E-state index is 0.191. The van der Waals surface area contributed by atoms with Crippen molar-refractivity contribution in [2.75, 3.05) is 0 Å². The van der Waals surface area contributed by atoms with E-state index in [1.54, 1.807) is 6.20 Å². The van der Waals surface area contributed by atoms with Crippen LogP contribution in [-0.2, 0) is 0 Å². The molecule has 132 valence electrons. The van der Waals surface area contributed by atoms with Gasteiger partial charge in [0.25, 0.3) is 0 Å². The van der Waals surface area contributed by atoms with E-state index < -0.39 is 0 Å². The summed E-state index contributed by atoms with van der Waals surface area (Å²) < 4.78 is 0. The van der Waals surface area contributed by atoms with Crippen molar-refractivity contribution in [1.82, 2.24) is 4.98 Å². The van der Waals surface area contributed by atoms with E-state index in [0.717, 1.165) is 30.2 Å². The van der Waals surface area contributed by atoms with Gasteiger partial charge in [0.1, 0.15) is 11.3 Å². The summed E-state index contributed by atoms with van der Waals surface area (Å²) in [4.78, 5) is 4.34. The predicted molar refractivity (Wildman–Crippen MR) is 104 cm³/mol. The molecule has 1 heterocycles. The van der Waals surface area contributed by atoms with Gasteiger partial charge in [0, 0.05) is 17.1 Å². The van der Waals surface area contributed by atoms with Crippen LogP contribution in [0.4, 0.5) is 0 Å². The third-order valence-electron chi connectivity index (χ3n) is 4.59. The Kier molecular flexibility index (Phi) is 5.49. The fourth-order valence-corrected chi connectivity index (χ4v) is 4.44. The topological polar surface area (TPSA) is 33.1 Å². The lowest BCUT2D eigenvalue weighted by atomic mass is 9.70. The highest BCUT2D eigenvalue weighted by atomic mass is 35.5. The molecule has 0 amide bonds. The Balaban J connectivity index is 2.41. The number of benzene rings is 1. The molecule has 2 aromatic rings. The first kappa shape index (κ1) is 19.1. The van der Waals surface area contributed by atoms with Gasteiger partial charge in [-0.25, -0.2) is 0 Å². The van der Waals surface area contributed by atoms with E-state index in [1.807, 2.05) is 18.2 Å². The van der Waals surface area contributed by atoms with Crippen LogP contribution in [0.5, 0.6) is 5.75 Å². The molecule has 1 N–H and O–H groups in total. The lowest BCUT2D eigenvalue weighted by molar-refractivity contribution is 0.185. The zero-order valence-corrected chi connectivity index (χ0v) is 16.5. The summed E-state index contributed by atoms with van der Waals surface area (Å²) in [6, 6.07) is 5.68. The standard InChI is InChI=1S/C21H30ClNO/c1-7-14(12-21(5,6)13-20(2,3)4)16-11-17(22)15-9-8-10-23-18(15)19(16)24/h8-11,14,24H,7,12-13H2,1-6H3. The Hall–Kier alpha value is -1.28. The molecule has 0 saturated heterocycles. The second-order valence-electron chi connectivity index (χ2n) is 8.91. The van der Waals surface area contributed by atoms with Crippen LogP contribution >= 0.6 is 11.6 Å². The van der Waals surface area contributed by atoms with E-state index in [-0.39, 0.29) is 22.5 Å². The summed E-state index contributed by atoms with van der Waals surface area (Å²) >= 11 is 6.46. The van der Waals surface area contributed by atoms with Crippen molar-refractivity contribution in [2.24, 2.45) is 10.8 Å². The predicted octanol–water partition coefficient (Wildman–Crippen LogP) is 6.94. The molecule has 0 saturated carbocycles. The molecule has 1 unspecified atom stereocenters. The number of phenolic OH excluding ortho intramolecular Hbond substituents is 1. The Morgan fingerprint density at radius 3 is 2.46 bits per heavy atom. The average molecular weight is 348 g/mol. The number of rotatable bonds is 5. The number of phenols is 1. The number of halogens is 1. The van der Waals surface area contributed by atoms with E-state index in [9.17, 15) is 5.11 Å². The van der Waals surface area contributed by atoms with Gasteiger partial charge in [-0.3, -0.25) is 4.98 Å². The maximum absolute atomic E-state index is 10.8. The zero-order chi connectivity index (χ0) is 18.1. The largest absolute Gasteiger partial charge is 0.505 e. The fourth-order valence-electron chi connectivity index (χ4n) is 4.17. The molecule has 0 radical (unpaired) electrons. The molecule has 3 heteroatoms. The van der Waals surface area contributed by atoms with E-state index in [4.69, 9.17) is 11.6 Å². The van der Waals surface area contributed by atoms with E-state index in [1.165, 1.54) is 0 Å². The Morgan fingerprint density at radius 2 is 1.88 bits per heavy atom. The maximum Gasteiger partial charge on any atom is 0.145 e. The molecule has 2 nitrogen and oxygen atoms in total. The third kappa shape index (κ3) is 4.42. The molecule has 0 spiro atoms. The van der Waals surface area contributed by atoms with Crippen molar-refractivity contribution >= 4 is 22.5 Å². The second-order valence-corrected chi connectivity index (χ2v) is 9.31. The molecule has 1 aromatic heterocycles. The van der Waals surface area contributed by atoms with Gasteiger partial charge in [-0.1, -0.05) is 53.1 Å². The molecule has 2 rings (SSSR count). The monoisotopic (exact) mass is 347 g/mol. The van der Waals surface area contributed by atoms with Crippen molar-refractivity contribution in [3.05, 3.63) is 35.0 Å². The zero-order valence-electron chi connectivity index (χ0n) is 15.8. The number of pyridine rings is 1. The van der Waals surface area contributed by atoms with Crippen LogP contribution in [-0.4, -0.2) is 10.1 Å². The van der Waals surface area contributed by atoms with Gasteiger partial charge in [-0.05, 0) is 54.2 Å². The summed E-state index contributed by atoms with van der Waals surface area (Å²) in [6.45, 7) is 13.7. The molecule has 1 atom stereocenters. The summed E-state index contributed by atoms with van der Waals surface area (Å²) in [5.74, 6) is 0.555. The maximum atomic E-state index is 10.8. The number of hydrogen-bond acceptors (Lipinski definition) is 2. The van der Waals surface area contributed by atoms with E-state index in [2.05, 4.69) is 46.5 Å². The molecule has 0 aliphatic rings. The number of aromatic hydroxyl groups is 1. The number of nitrogens with zero attached hydrogens (tertiary/aromatic N) is 1. The molecule has 0 bridgehead atoms. The van der Waals surface area contributed by atoms with Gasteiger partial charge in [0.15, 0.2) is 0 Å². The lowest BCUT2D eigenvalue weighted by Gasteiger charge is -2.35. The second kappa shape index (κ2) is 6.92. The highest BCUT2D eigenvalue weighted by Gasteiger charge is 2.30. The minimum Gasteiger partial charge on any atom is -0.505 e. The van der Waals surface area contributed by atoms with Crippen molar-refractivity contribution in [3.8, 4) is 5.75 Å². The Labute approximate surface area is 151 Å². The first-order chi connectivity index (χ1) is 11.0. The first-order valence-electron chi connectivity index (χ1n) is 8.80. The van der Waals surface area contributed by atoms with Crippen molar-refractivity contribution in [2.45, 2.75) is 66.7 Å². The lowest BCUT2D eigenvalue weighted by Crippen LogP contribution is -2.23. The van der Waals surface area contributed by atoms with Crippen LogP contribution in [0.3, 0.4) is 0 Å². The molecule has 0 fully saturated rings. The smallest absolute Gasteiger partial charge is 0.145 e. The van der Waals surface area contributed by atoms with E-state index in [0.29, 0.717) is 10.5 Å². The number of aromatic nitrogens is 1. The van der Waals surface area contributed by atoms with Gasteiger partial charge < -0.3 is 5.11 Å². The normalized spacial score (nSPS) is 14.1. The summed E-state index contributed by atoms with van der Waals surface area (Å²) in [5.41, 5.74) is 2.01. The molecule has 0 aliphatic heterocycles. The highest BCUT2D eigenvalue weighted by molar-refractivity contribution is 6.35. The molecule has 1 aromatic carbocycles. The Bertz CT molecular complexity index is 716. The van der Waals surface area contributed by atoms with Crippen molar-refractivity contribution < 1.29 is 5.11 Å². The number of hydrogen-bond donors (Lipinski definition) is 1. The van der Waals surface area contributed by atoms with Gasteiger partial charge >= 0.3 is 0 Å². The van der Waals surface area contributed by atoms with Crippen LogP contribution in [0.2, 0.25) is 5.02 Å². The average Bonchev–Trinajstić information content (AvgIpc) is 2.46. The molecule has 24 heavy (non-hydrogen) atoms. The highest BCUT2D eigenvalue weighted by Crippen LogP contribution is 2.45. The Morgan fingerprint density at radius 1 is 1.21 bits per heavy atom. The number of fused-ring (bicyclic) bond motifs is 1. The molecular weight excluding hydrogens is 318 g/mol. The summed E-state index contributed by atoms with van der Waals surface area (Å²) in [5, 5.41) is 12.3. The van der Waals surface area contributed by atoms with Crippen LogP contribution in [0.15, 0.2) is 24.4 Å². The summed E-state index contributed by atoms with van der Waals surface area (Å²) in [7, 11) is 0. The SMILES string of the molecule is CCC(CC(C)(C)CC(C)(C)C)c1cc(Cl)c2cccnc2c1O. The van der Waals surface area contributed by atoms with Crippen LogP contribution in [0, 0.1) is 10.8 Å². The fraction of sp³-hybridized carbons (Fsp3) is 0.571. The van der Waals surface area contributed by atoms with Crippen LogP contribution < -0.4 is 0 Å². The summed E-state index contributed by atoms with van der Waals surface area (Å²) in [6.07, 6.45) is 4.82. The first-order valence-corrected chi connectivity index (χ1v) is 9.18. The minimum atomic E-state index is 0.191. The van der Waals surface area contributed by atoms with Crippen molar-refractivity contribution in [3.63, 3.8) is 0 Å². The van der Waals surface area contributed by atoms with Crippen molar-refractivity contribution in [1.29, 1.82) is 0 Å². The van der Waals surface area contributed by atoms with Gasteiger partial charge in [-0.2, -0.15) is 0 Å². The van der Waals surface area contributed by atoms with Crippen LogP contribution in [0.1, 0.15) is 72.3 Å².